The van der Waals surface area contributed by atoms with E-state index in [4.69, 9.17) is 17.2 Å². The molecule has 0 unspecified atom stereocenters. The Morgan fingerprint density at radius 1 is 0.600 bits per heavy atom. The van der Waals surface area contributed by atoms with E-state index in [0.29, 0.717) is 11.1 Å². The van der Waals surface area contributed by atoms with Crippen LogP contribution in [0.15, 0.2) is 48.5 Å². The van der Waals surface area contributed by atoms with Gasteiger partial charge >= 0.3 is 5.97 Å². The number of carbonyl (C=O) groups excluding carboxylic acids is 7. The predicted octanol–water partition coefficient (Wildman–Crippen LogP) is -3.88. The van der Waals surface area contributed by atoms with Crippen molar-refractivity contribution in [2.75, 3.05) is 13.1 Å². The molecule has 0 spiro atoms. The number of aromatic hydroxyl groups is 2. The molecule has 0 saturated carbocycles. The van der Waals surface area contributed by atoms with Crippen molar-refractivity contribution in [1.29, 1.82) is 0 Å². The molecule has 0 aliphatic heterocycles. The highest BCUT2D eigenvalue weighted by Gasteiger charge is 2.32. The van der Waals surface area contributed by atoms with E-state index >= 15 is 0 Å². The van der Waals surface area contributed by atoms with Gasteiger partial charge in [-0.1, -0.05) is 24.3 Å². The summed E-state index contributed by atoms with van der Waals surface area (Å²) in [6.45, 7) is -0.921. The minimum Gasteiger partial charge on any atom is -0.508 e. The summed E-state index contributed by atoms with van der Waals surface area (Å²) in [5.74, 6) is -8.03. The van der Waals surface area contributed by atoms with Crippen molar-refractivity contribution in [1.82, 2.24) is 26.6 Å². The number of primary amides is 2. The van der Waals surface area contributed by atoms with Crippen LogP contribution < -0.4 is 43.8 Å². The number of carbonyl (C=O) groups is 8. The summed E-state index contributed by atoms with van der Waals surface area (Å²) in [7, 11) is 0. The Bertz CT molecular complexity index is 1550. The average molecular weight is 701 g/mol. The van der Waals surface area contributed by atoms with Crippen LogP contribution in [-0.4, -0.2) is 99.9 Å². The third-order valence-corrected chi connectivity index (χ3v) is 7.00. The number of nitrogens with two attached hydrogens (primary N) is 3. The summed E-state index contributed by atoms with van der Waals surface area (Å²) in [4.78, 5) is 99.2. The van der Waals surface area contributed by atoms with E-state index in [1.54, 1.807) is 0 Å². The molecule has 0 fully saturated rings. The smallest absolute Gasteiger partial charge is 0.326 e. The molecule has 2 aromatic rings. The van der Waals surface area contributed by atoms with Gasteiger partial charge in [-0.25, -0.2) is 4.79 Å². The first-order valence-corrected chi connectivity index (χ1v) is 15.1. The number of amides is 7. The maximum atomic E-state index is 13.7. The molecule has 0 aliphatic rings. The molecular formula is C31H40N8O11. The van der Waals surface area contributed by atoms with Crippen molar-refractivity contribution in [3.63, 3.8) is 0 Å². The molecule has 0 saturated heterocycles. The Labute approximate surface area is 285 Å². The highest BCUT2D eigenvalue weighted by Crippen LogP contribution is 2.14. The number of nitrogens with one attached hydrogen (secondary N) is 5. The Balaban J connectivity index is 2.41. The zero-order valence-corrected chi connectivity index (χ0v) is 26.7. The Morgan fingerprint density at radius 2 is 1.04 bits per heavy atom. The molecule has 19 nitrogen and oxygen atoms in total. The van der Waals surface area contributed by atoms with Gasteiger partial charge in [0.05, 0.1) is 19.5 Å². The molecule has 19 heteroatoms. The van der Waals surface area contributed by atoms with E-state index in [2.05, 4.69) is 26.6 Å². The SMILES string of the molecule is NCC(=O)NCC(=O)N[C@@H](Cc1ccc(O)cc1)C(=O)N[C@@H](Cc1ccc(O)cc1)C(=O)N[C@@H](CCC(N)=O)C(=O)N[C@@H](CC(N)=O)C(=O)O. The third-order valence-electron chi connectivity index (χ3n) is 7.00. The zero-order valence-electron chi connectivity index (χ0n) is 26.7. The van der Waals surface area contributed by atoms with Gasteiger partial charge in [-0.2, -0.15) is 0 Å². The number of phenolic OH excluding ortho intramolecular Hbond substituents is 2. The molecule has 0 bridgehead atoms. The van der Waals surface area contributed by atoms with E-state index in [0.717, 1.165) is 0 Å². The molecule has 0 aromatic heterocycles. The topological polar surface area (TPSA) is 335 Å². The molecule has 0 radical (unpaired) electrons. The van der Waals surface area contributed by atoms with Gasteiger partial charge in [-0.05, 0) is 41.8 Å². The first-order chi connectivity index (χ1) is 23.6. The number of carboxylic acid groups (broad SMARTS) is 1. The number of phenols is 2. The van der Waals surface area contributed by atoms with Gasteiger partial charge in [0.25, 0.3) is 0 Å². The van der Waals surface area contributed by atoms with Crippen LogP contribution in [0.2, 0.25) is 0 Å². The quantitative estimate of drug-likeness (QED) is 0.0632. The first kappa shape index (κ1) is 39.9. The molecule has 4 atom stereocenters. The van der Waals surface area contributed by atoms with Gasteiger partial charge in [0, 0.05) is 19.3 Å². The van der Waals surface area contributed by atoms with E-state index < -0.39 is 97.3 Å². The third kappa shape index (κ3) is 14.3. The van der Waals surface area contributed by atoms with E-state index in [1.165, 1.54) is 48.5 Å². The second-order valence-electron chi connectivity index (χ2n) is 11.0. The maximum absolute atomic E-state index is 13.7. The van der Waals surface area contributed by atoms with Gasteiger partial charge in [0.15, 0.2) is 0 Å². The van der Waals surface area contributed by atoms with E-state index in [9.17, 15) is 53.7 Å². The fourth-order valence-corrected chi connectivity index (χ4v) is 4.42. The van der Waals surface area contributed by atoms with Crippen LogP contribution in [0.1, 0.15) is 30.4 Å². The van der Waals surface area contributed by atoms with E-state index in [-0.39, 0.29) is 30.9 Å². The van der Waals surface area contributed by atoms with Gasteiger partial charge < -0.3 is 59.1 Å². The molecule has 2 rings (SSSR count). The lowest BCUT2D eigenvalue weighted by molar-refractivity contribution is -0.144. The maximum Gasteiger partial charge on any atom is 0.326 e. The van der Waals surface area contributed by atoms with Gasteiger partial charge in [0.1, 0.15) is 35.7 Å². The van der Waals surface area contributed by atoms with Crippen LogP contribution >= 0.6 is 0 Å². The minimum absolute atomic E-state index is 0.0619. The minimum atomic E-state index is -1.76. The Morgan fingerprint density at radius 3 is 1.48 bits per heavy atom. The largest absolute Gasteiger partial charge is 0.508 e. The van der Waals surface area contributed by atoms with Gasteiger partial charge in [-0.3, -0.25) is 33.6 Å². The lowest BCUT2D eigenvalue weighted by Crippen LogP contribution is -2.59. The monoisotopic (exact) mass is 700 g/mol. The lowest BCUT2D eigenvalue weighted by Gasteiger charge is -2.26. The molecule has 0 heterocycles. The second-order valence-corrected chi connectivity index (χ2v) is 11.0. The molecular weight excluding hydrogens is 660 g/mol. The fourth-order valence-electron chi connectivity index (χ4n) is 4.42. The highest BCUT2D eigenvalue weighted by molar-refractivity contribution is 5.96. The number of hydrogen-bond acceptors (Lipinski definition) is 11. The summed E-state index contributed by atoms with van der Waals surface area (Å²) in [5.41, 5.74) is 16.5. The first-order valence-electron chi connectivity index (χ1n) is 15.1. The summed E-state index contributed by atoms with van der Waals surface area (Å²) < 4.78 is 0. The van der Waals surface area contributed by atoms with E-state index in [1.807, 2.05) is 0 Å². The zero-order chi connectivity index (χ0) is 37.4. The van der Waals surface area contributed by atoms with Crippen molar-refractivity contribution in [2.45, 2.75) is 56.3 Å². The molecule has 2 aromatic carbocycles. The standard InChI is InChI=1S/C31H40N8O11/c32-14-26(44)35-15-27(45)36-21(11-16-1-5-18(40)6-2-16)29(47)38-22(12-17-3-7-19(41)8-4-17)30(48)37-20(9-10-24(33)42)28(46)39-23(31(49)50)13-25(34)43/h1-8,20-23,40-41H,9-15,32H2,(H2,33,42)(H2,34,43)(H,35,44)(H,36,45)(H,37,48)(H,38,47)(H,39,46)(H,49,50)/t20-,21-,22-,23-/m0/s1. The van der Waals surface area contributed by atoms with Crippen LogP contribution in [0.4, 0.5) is 0 Å². The summed E-state index contributed by atoms with van der Waals surface area (Å²) in [6, 6.07) is 5.06. The molecule has 0 aliphatic carbocycles. The Kier molecular flexibility index (Phi) is 15.6. The lowest BCUT2D eigenvalue weighted by atomic mass is 10.0. The van der Waals surface area contributed by atoms with Gasteiger partial charge in [-0.15, -0.1) is 0 Å². The molecule has 270 valence electrons. The van der Waals surface area contributed by atoms with Crippen LogP contribution in [0.3, 0.4) is 0 Å². The van der Waals surface area contributed by atoms with Crippen molar-refractivity contribution in [2.24, 2.45) is 17.2 Å². The molecule has 14 N–H and O–H groups in total. The van der Waals surface area contributed by atoms with Crippen LogP contribution in [0, 0.1) is 0 Å². The number of aliphatic carboxylic acids is 1. The molecule has 50 heavy (non-hydrogen) atoms. The van der Waals surface area contributed by atoms with Crippen LogP contribution in [0.25, 0.3) is 0 Å². The van der Waals surface area contributed by atoms with Crippen molar-refractivity contribution in [3.05, 3.63) is 59.7 Å². The summed E-state index contributed by atoms with van der Waals surface area (Å²) in [6.07, 6.45) is -1.97. The van der Waals surface area contributed by atoms with Crippen LogP contribution in [-0.2, 0) is 51.2 Å². The summed E-state index contributed by atoms with van der Waals surface area (Å²) in [5, 5.41) is 40.5. The van der Waals surface area contributed by atoms with Crippen molar-refractivity contribution >= 4 is 47.3 Å². The Hall–Kier alpha value is -6.24. The molecule has 7 amide bonds. The van der Waals surface area contributed by atoms with Crippen LogP contribution in [0.5, 0.6) is 11.5 Å². The number of hydrogen-bond donors (Lipinski definition) is 11. The normalized spacial score (nSPS) is 13.0. The number of carboxylic acids is 1. The van der Waals surface area contributed by atoms with Crippen molar-refractivity contribution in [3.8, 4) is 11.5 Å². The number of benzene rings is 2. The second kappa shape index (κ2) is 19.5. The highest BCUT2D eigenvalue weighted by atomic mass is 16.4. The van der Waals surface area contributed by atoms with Gasteiger partial charge in [0.2, 0.25) is 41.4 Å². The summed E-state index contributed by atoms with van der Waals surface area (Å²) >= 11 is 0. The fraction of sp³-hybridized carbons (Fsp3) is 0.355. The number of rotatable bonds is 20. The predicted molar refractivity (Wildman–Crippen MR) is 173 cm³/mol. The van der Waals surface area contributed by atoms with Crippen molar-refractivity contribution < 1.29 is 53.7 Å². The average Bonchev–Trinajstić information content (AvgIpc) is 3.05.